The fourth-order valence-corrected chi connectivity index (χ4v) is 2.71. The van der Waals surface area contributed by atoms with Gasteiger partial charge in [-0.05, 0) is 52.9 Å². The highest BCUT2D eigenvalue weighted by Gasteiger charge is 2.18. The number of alkyl halides is 1. The Morgan fingerprint density at radius 2 is 1.88 bits per heavy atom. The average Bonchev–Trinajstić information content (AvgIpc) is 2.40. The maximum Gasteiger partial charge on any atom is 0.0223 e. The van der Waals surface area contributed by atoms with Crippen LogP contribution in [0.5, 0.6) is 0 Å². The van der Waals surface area contributed by atoms with Crippen molar-refractivity contribution in [2.24, 2.45) is 0 Å². The molecule has 1 fully saturated rings. The lowest BCUT2D eigenvalue weighted by molar-refractivity contribution is 0.198. The Morgan fingerprint density at radius 1 is 1.12 bits per heavy atom. The topological polar surface area (TPSA) is 6.48 Å². The largest absolute Gasteiger partial charge is 0.305 e. The van der Waals surface area contributed by atoms with Crippen molar-refractivity contribution in [3.63, 3.8) is 0 Å². The zero-order valence-corrected chi connectivity index (χ0v) is 11.7. The first kappa shape index (κ1) is 14.3. The summed E-state index contributed by atoms with van der Waals surface area (Å²) in [6.45, 7) is 7.40. The lowest BCUT2D eigenvalue weighted by Gasteiger charge is -2.27. The molecule has 1 aliphatic rings. The molecular weight excluding hydrogens is 220 g/mol. The van der Waals surface area contributed by atoms with E-state index in [0.29, 0.717) is 0 Å². The second-order valence-corrected chi connectivity index (χ2v) is 5.48. The van der Waals surface area contributed by atoms with Gasteiger partial charge in [0.2, 0.25) is 0 Å². The van der Waals surface area contributed by atoms with Crippen molar-refractivity contribution in [2.45, 2.75) is 45.1 Å². The summed E-state index contributed by atoms with van der Waals surface area (Å²) in [5, 5.41) is 0. The molecule has 2 nitrogen and oxygen atoms in total. The van der Waals surface area contributed by atoms with Crippen molar-refractivity contribution in [2.75, 3.05) is 39.1 Å². The van der Waals surface area contributed by atoms with Crippen LogP contribution in [-0.2, 0) is 0 Å². The number of hydrogen-bond donors (Lipinski definition) is 0. The van der Waals surface area contributed by atoms with Gasteiger partial charge in [-0.2, -0.15) is 0 Å². The fourth-order valence-electron chi connectivity index (χ4n) is 2.52. The highest BCUT2D eigenvalue weighted by molar-refractivity contribution is 6.17. The van der Waals surface area contributed by atoms with Crippen LogP contribution in [0.4, 0.5) is 0 Å². The van der Waals surface area contributed by atoms with Gasteiger partial charge in [0.15, 0.2) is 0 Å². The van der Waals surface area contributed by atoms with Gasteiger partial charge in [-0.15, -0.1) is 11.6 Å². The van der Waals surface area contributed by atoms with Gasteiger partial charge in [-0.25, -0.2) is 0 Å². The lowest BCUT2D eigenvalue weighted by atomic mass is 10.2. The molecule has 0 N–H and O–H groups in total. The molecule has 0 aromatic rings. The van der Waals surface area contributed by atoms with E-state index in [1.165, 1.54) is 58.3 Å². The van der Waals surface area contributed by atoms with Crippen molar-refractivity contribution in [1.82, 2.24) is 9.80 Å². The molecule has 1 atom stereocenters. The Hall–Kier alpha value is 0.210. The molecule has 0 spiro atoms. The molecule has 0 aliphatic carbocycles. The molecule has 3 heteroatoms. The SMILES string of the molecule is CC1CN(C)CCCN1CCCCCCCl. The molecule has 0 saturated carbocycles. The van der Waals surface area contributed by atoms with Crippen LogP contribution in [0.25, 0.3) is 0 Å². The highest BCUT2D eigenvalue weighted by Crippen LogP contribution is 2.10. The van der Waals surface area contributed by atoms with E-state index in [0.717, 1.165) is 11.9 Å². The fraction of sp³-hybridized carbons (Fsp3) is 1.00. The molecule has 0 bridgehead atoms. The van der Waals surface area contributed by atoms with Crippen LogP contribution in [0.3, 0.4) is 0 Å². The highest BCUT2D eigenvalue weighted by atomic mass is 35.5. The van der Waals surface area contributed by atoms with Crippen LogP contribution >= 0.6 is 11.6 Å². The first-order chi connectivity index (χ1) is 7.74. The van der Waals surface area contributed by atoms with Gasteiger partial charge in [0.1, 0.15) is 0 Å². The van der Waals surface area contributed by atoms with Crippen LogP contribution in [0.15, 0.2) is 0 Å². The van der Waals surface area contributed by atoms with Gasteiger partial charge in [0.05, 0.1) is 0 Å². The van der Waals surface area contributed by atoms with E-state index < -0.39 is 0 Å². The summed E-state index contributed by atoms with van der Waals surface area (Å²) in [6.07, 6.45) is 6.48. The molecule has 0 amide bonds. The maximum absolute atomic E-state index is 5.67. The maximum atomic E-state index is 5.67. The normalized spacial score (nSPS) is 24.6. The third kappa shape index (κ3) is 5.51. The Labute approximate surface area is 106 Å². The molecule has 0 radical (unpaired) electrons. The molecule has 96 valence electrons. The van der Waals surface area contributed by atoms with Gasteiger partial charge in [0.25, 0.3) is 0 Å². The zero-order valence-electron chi connectivity index (χ0n) is 10.9. The van der Waals surface area contributed by atoms with E-state index in [4.69, 9.17) is 11.6 Å². The van der Waals surface area contributed by atoms with Crippen LogP contribution in [0, 0.1) is 0 Å². The van der Waals surface area contributed by atoms with Crippen LogP contribution in [0.2, 0.25) is 0 Å². The van der Waals surface area contributed by atoms with Gasteiger partial charge < -0.3 is 4.90 Å². The smallest absolute Gasteiger partial charge is 0.0223 e. The second-order valence-electron chi connectivity index (χ2n) is 5.10. The van der Waals surface area contributed by atoms with Crippen LogP contribution < -0.4 is 0 Å². The van der Waals surface area contributed by atoms with Crippen LogP contribution in [-0.4, -0.2) is 54.9 Å². The van der Waals surface area contributed by atoms with E-state index in [-0.39, 0.29) is 0 Å². The summed E-state index contributed by atoms with van der Waals surface area (Å²) < 4.78 is 0. The molecule has 16 heavy (non-hydrogen) atoms. The third-order valence-corrected chi connectivity index (χ3v) is 3.78. The number of likely N-dealkylation sites (N-methyl/N-ethyl adjacent to an activating group) is 1. The summed E-state index contributed by atoms with van der Waals surface area (Å²) in [5.41, 5.74) is 0. The van der Waals surface area contributed by atoms with Crippen molar-refractivity contribution in [3.05, 3.63) is 0 Å². The van der Waals surface area contributed by atoms with Gasteiger partial charge >= 0.3 is 0 Å². The van der Waals surface area contributed by atoms with Crippen LogP contribution in [0.1, 0.15) is 39.0 Å². The predicted molar refractivity (Wildman–Crippen MR) is 72.3 cm³/mol. The molecule has 1 heterocycles. The van der Waals surface area contributed by atoms with E-state index in [1.54, 1.807) is 0 Å². The number of halogens is 1. The molecule has 0 aromatic carbocycles. The molecule has 1 saturated heterocycles. The minimum absolute atomic E-state index is 0.723. The lowest BCUT2D eigenvalue weighted by Crippen LogP contribution is -2.38. The third-order valence-electron chi connectivity index (χ3n) is 3.51. The first-order valence-electron chi connectivity index (χ1n) is 6.72. The monoisotopic (exact) mass is 246 g/mol. The van der Waals surface area contributed by atoms with E-state index >= 15 is 0 Å². The number of rotatable bonds is 6. The first-order valence-corrected chi connectivity index (χ1v) is 7.26. The molecule has 1 aliphatic heterocycles. The van der Waals surface area contributed by atoms with E-state index in [1.807, 2.05) is 0 Å². The minimum atomic E-state index is 0.723. The van der Waals surface area contributed by atoms with Crippen molar-refractivity contribution >= 4 is 11.6 Å². The summed E-state index contributed by atoms with van der Waals surface area (Å²) >= 11 is 5.67. The Morgan fingerprint density at radius 3 is 2.62 bits per heavy atom. The summed E-state index contributed by atoms with van der Waals surface area (Å²) in [6, 6.07) is 0.723. The number of unbranched alkanes of at least 4 members (excludes halogenated alkanes) is 3. The Kier molecular flexibility index (Phi) is 7.42. The predicted octanol–water partition coefficient (Wildman–Crippen LogP) is 2.81. The number of nitrogens with zero attached hydrogens (tertiary/aromatic N) is 2. The Bertz CT molecular complexity index is 175. The number of hydrogen-bond acceptors (Lipinski definition) is 2. The molecular formula is C13H27ClN2. The van der Waals surface area contributed by atoms with E-state index in [9.17, 15) is 0 Å². The van der Waals surface area contributed by atoms with Crippen molar-refractivity contribution in [1.29, 1.82) is 0 Å². The summed E-state index contributed by atoms with van der Waals surface area (Å²) in [4.78, 5) is 5.11. The molecule has 1 unspecified atom stereocenters. The average molecular weight is 247 g/mol. The van der Waals surface area contributed by atoms with E-state index in [2.05, 4.69) is 23.8 Å². The molecule has 1 rings (SSSR count). The summed E-state index contributed by atoms with van der Waals surface area (Å²) in [5.74, 6) is 0.824. The van der Waals surface area contributed by atoms with Gasteiger partial charge in [0, 0.05) is 18.5 Å². The Balaban J connectivity index is 2.14. The van der Waals surface area contributed by atoms with Crippen molar-refractivity contribution in [3.8, 4) is 0 Å². The van der Waals surface area contributed by atoms with Gasteiger partial charge in [-0.3, -0.25) is 4.90 Å². The second kappa shape index (κ2) is 8.32. The minimum Gasteiger partial charge on any atom is -0.305 e. The van der Waals surface area contributed by atoms with Gasteiger partial charge in [-0.1, -0.05) is 12.8 Å². The van der Waals surface area contributed by atoms with Crippen molar-refractivity contribution < 1.29 is 0 Å². The summed E-state index contributed by atoms with van der Waals surface area (Å²) in [7, 11) is 2.24. The quantitative estimate of drug-likeness (QED) is 0.525. The zero-order chi connectivity index (χ0) is 11.8. The standard InChI is InChI=1S/C13H27ClN2/c1-13-12-15(2)9-7-11-16(13)10-6-4-3-5-8-14/h13H,3-12H2,1-2H3. The molecule has 0 aromatic heterocycles.